The third-order valence-electron chi connectivity index (χ3n) is 3.95. The van der Waals surface area contributed by atoms with Gasteiger partial charge in [0.15, 0.2) is 0 Å². The molecule has 3 nitrogen and oxygen atoms in total. The van der Waals surface area contributed by atoms with Crippen LogP contribution < -0.4 is 0 Å². The highest BCUT2D eigenvalue weighted by Gasteiger charge is 2.13. The summed E-state index contributed by atoms with van der Waals surface area (Å²) in [4.78, 5) is 10.0. The number of likely N-dealkylation sites (tertiary alicyclic amines) is 1. The van der Waals surface area contributed by atoms with Gasteiger partial charge in [-0.1, -0.05) is 18.1 Å². The Morgan fingerprint density at radius 3 is 2.10 bits per heavy atom. The van der Waals surface area contributed by atoms with Gasteiger partial charge in [-0.15, -0.1) is 6.42 Å². The molecular formula is C27H19N3. The number of H-pyrrole nitrogens is 1. The van der Waals surface area contributed by atoms with Gasteiger partial charge in [0.25, 0.3) is 0 Å². The van der Waals surface area contributed by atoms with Gasteiger partial charge in [0.05, 0.1) is 17.4 Å². The van der Waals surface area contributed by atoms with E-state index < -0.39 is 0 Å². The van der Waals surface area contributed by atoms with Gasteiger partial charge < -0.3 is 4.98 Å². The maximum absolute atomic E-state index is 4.87. The van der Waals surface area contributed by atoms with Crippen molar-refractivity contribution >= 4 is 11.0 Å². The van der Waals surface area contributed by atoms with Gasteiger partial charge in [-0.2, -0.15) is 0 Å². The van der Waals surface area contributed by atoms with E-state index >= 15 is 0 Å². The van der Waals surface area contributed by atoms with Crippen molar-refractivity contribution in [2.45, 2.75) is 26.3 Å². The molecule has 30 heavy (non-hydrogen) atoms. The molecule has 1 fully saturated rings. The molecule has 0 aliphatic carbocycles. The van der Waals surface area contributed by atoms with E-state index in [1.165, 1.54) is 31.5 Å². The number of aromatic nitrogens is 2. The van der Waals surface area contributed by atoms with Crippen LogP contribution in [-0.2, 0) is 6.54 Å². The number of rotatable bonds is 2. The van der Waals surface area contributed by atoms with E-state index in [1.54, 1.807) is 13.3 Å². The van der Waals surface area contributed by atoms with Crippen LogP contribution in [0.4, 0.5) is 0 Å². The van der Waals surface area contributed by atoms with Crippen molar-refractivity contribution in [1.82, 2.24) is 14.9 Å². The summed E-state index contributed by atoms with van der Waals surface area (Å²) in [6.07, 6.45) is 9.34. The molecule has 1 aromatic heterocycles. The number of terminal acetylenes is 1. The van der Waals surface area contributed by atoms with Crippen LogP contribution in [0.2, 0.25) is 0 Å². The Kier molecular flexibility index (Phi) is 9.98. The fourth-order valence-corrected chi connectivity index (χ4v) is 2.72. The van der Waals surface area contributed by atoms with E-state index in [4.69, 9.17) is 6.42 Å². The fraction of sp³-hybridized carbons (Fsp3) is 0.222. The predicted octanol–water partition coefficient (Wildman–Crippen LogP) is 2.82. The van der Waals surface area contributed by atoms with E-state index in [2.05, 4.69) is 110 Å². The van der Waals surface area contributed by atoms with Crippen molar-refractivity contribution < 1.29 is 0 Å². The van der Waals surface area contributed by atoms with Gasteiger partial charge >= 0.3 is 0 Å². The third-order valence-corrected chi connectivity index (χ3v) is 3.95. The van der Waals surface area contributed by atoms with Crippen LogP contribution in [-0.4, -0.2) is 28.0 Å². The van der Waals surface area contributed by atoms with Crippen LogP contribution in [0.3, 0.4) is 0 Å². The number of hydrogen-bond acceptors (Lipinski definition) is 2. The first kappa shape index (κ1) is 21.9. The van der Waals surface area contributed by atoms with Crippen LogP contribution in [0.1, 0.15) is 25.3 Å². The third kappa shape index (κ3) is 8.07. The van der Waals surface area contributed by atoms with Gasteiger partial charge in [-0.05, 0) is 116 Å². The average molecular weight is 385 g/mol. The monoisotopic (exact) mass is 385 g/mol. The molecule has 0 radical (unpaired) electrons. The fourth-order valence-electron chi connectivity index (χ4n) is 2.72. The standard InChI is InChI=1S/C15H4.C12H15N3/c1-3-5-7-9-11-13-15-14-12-10-8-6-4-2;1-2-7-15(6-1)8-10-4-3-5-11-12(10)14-9-13-11/h1H,2H3;3-5,9H,1-2,6-8H2,(H,13,14). The second-order valence-corrected chi connectivity index (χ2v) is 5.97. The minimum absolute atomic E-state index is 1.04. The number of benzene rings is 1. The van der Waals surface area contributed by atoms with Gasteiger partial charge in [0, 0.05) is 6.54 Å². The predicted molar refractivity (Wildman–Crippen MR) is 122 cm³/mol. The molecule has 1 aromatic carbocycles. The van der Waals surface area contributed by atoms with E-state index in [1.807, 2.05) is 0 Å². The SMILES string of the molecule is C#CC#CC#CC#CC#CC#CC#CC.c1cc(CN2CCCC2)c2nc[nH]c2c1. The second-order valence-electron chi connectivity index (χ2n) is 5.97. The lowest BCUT2D eigenvalue weighted by Crippen LogP contribution is -2.18. The van der Waals surface area contributed by atoms with Crippen LogP contribution in [0.25, 0.3) is 11.0 Å². The molecule has 2 aromatic rings. The van der Waals surface area contributed by atoms with E-state index in [-0.39, 0.29) is 0 Å². The zero-order chi connectivity index (χ0) is 21.3. The van der Waals surface area contributed by atoms with Gasteiger partial charge in [0.1, 0.15) is 0 Å². The molecule has 1 aliphatic heterocycles. The van der Waals surface area contributed by atoms with E-state index in [0.29, 0.717) is 0 Å². The summed E-state index contributed by atoms with van der Waals surface area (Å²) < 4.78 is 0. The molecular weight excluding hydrogens is 366 g/mol. The summed E-state index contributed by atoms with van der Waals surface area (Å²) in [5, 5.41) is 0. The summed E-state index contributed by atoms with van der Waals surface area (Å²) >= 11 is 0. The normalized spacial score (nSPS) is 10.7. The highest BCUT2D eigenvalue weighted by atomic mass is 15.1. The summed E-state index contributed by atoms with van der Waals surface area (Å²) in [7, 11) is 0. The summed E-state index contributed by atoms with van der Waals surface area (Å²) in [6, 6.07) is 6.36. The number of fused-ring (bicyclic) bond motifs is 1. The Morgan fingerprint density at radius 2 is 1.50 bits per heavy atom. The van der Waals surface area contributed by atoms with Crippen molar-refractivity contribution in [1.29, 1.82) is 0 Å². The lowest BCUT2D eigenvalue weighted by molar-refractivity contribution is 0.332. The number of hydrogen-bond donors (Lipinski definition) is 1. The molecule has 3 rings (SSSR count). The van der Waals surface area contributed by atoms with Crippen molar-refractivity contribution in [2.24, 2.45) is 0 Å². The molecule has 0 bridgehead atoms. The molecule has 0 unspecified atom stereocenters. The van der Waals surface area contributed by atoms with Crippen LogP contribution in [0.5, 0.6) is 0 Å². The average Bonchev–Trinajstić information content (AvgIpc) is 3.45. The number of para-hydroxylation sites is 1. The number of aromatic amines is 1. The Balaban J connectivity index is 0.000000214. The first-order chi connectivity index (χ1) is 14.8. The molecule has 1 aliphatic rings. The Morgan fingerprint density at radius 1 is 0.900 bits per heavy atom. The summed E-state index contributed by atoms with van der Waals surface area (Å²) in [5.41, 5.74) is 3.62. The molecule has 142 valence electrons. The van der Waals surface area contributed by atoms with Crippen molar-refractivity contribution in [3.05, 3.63) is 30.1 Å². The Bertz CT molecular complexity index is 1280. The largest absolute Gasteiger partial charge is 0.345 e. The minimum Gasteiger partial charge on any atom is -0.345 e. The Labute approximate surface area is 179 Å². The molecule has 0 spiro atoms. The van der Waals surface area contributed by atoms with Crippen molar-refractivity contribution in [3.8, 4) is 83.4 Å². The quantitative estimate of drug-likeness (QED) is 0.807. The zero-order valence-corrected chi connectivity index (χ0v) is 16.8. The highest BCUT2D eigenvalue weighted by Crippen LogP contribution is 2.18. The van der Waals surface area contributed by atoms with Crippen LogP contribution >= 0.6 is 0 Å². The Hall–Kier alpha value is -4.43. The van der Waals surface area contributed by atoms with E-state index in [9.17, 15) is 0 Å². The van der Waals surface area contributed by atoms with Crippen LogP contribution in [0, 0.1) is 83.4 Å². The van der Waals surface area contributed by atoms with Gasteiger partial charge in [-0.25, -0.2) is 4.98 Å². The molecule has 0 amide bonds. The number of nitrogens with zero attached hydrogens (tertiary/aromatic N) is 2. The maximum atomic E-state index is 4.87. The van der Waals surface area contributed by atoms with Gasteiger partial charge in [-0.3, -0.25) is 4.90 Å². The molecule has 0 saturated carbocycles. The lowest BCUT2D eigenvalue weighted by Gasteiger charge is -2.14. The first-order valence-electron chi connectivity index (χ1n) is 9.36. The van der Waals surface area contributed by atoms with Crippen molar-refractivity contribution in [3.63, 3.8) is 0 Å². The summed E-state index contributed by atoms with van der Waals surface area (Å²) in [6.45, 7) is 5.22. The first-order valence-corrected chi connectivity index (χ1v) is 9.36. The molecule has 1 N–H and O–H groups in total. The van der Waals surface area contributed by atoms with Crippen LogP contribution in [0.15, 0.2) is 24.5 Å². The number of nitrogens with one attached hydrogen (secondary N) is 1. The topological polar surface area (TPSA) is 31.9 Å². The van der Waals surface area contributed by atoms with Gasteiger partial charge in [0.2, 0.25) is 0 Å². The molecule has 1 saturated heterocycles. The number of imidazole rings is 1. The molecule has 0 atom stereocenters. The van der Waals surface area contributed by atoms with E-state index in [0.717, 1.165) is 17.6 Å². The second kappa shape index (κ2) is 13.7. The maximum Gasteiger partial charge on any atom is 0.0932 e. The lowest BCUT2D eigenvalue weighted by atomic mass is 10.2. The molecule has 3 heteroatoms. The summed E-state index contributed by atoms with van der Waals surface area (Å²) in [5.74, 6) is 31.9. The smallest absolute Gasteiger partial charge is 0.0932 e. The highest BCUT2D eigenvalue weighted by molar-refractivity contribution is 5.78. The molecule has 2 heterocycles. The minimum atomic E-state index is 1.04. The zero-order valence-electron chi connectivity index (χ0n) is 16.8. The van der Waals surface area contributed by atoms with Crippen molar-refractivity contribution in [2.75, 3.05) is 13.1 Å².